The molecule has 0 amide bonds. The van der Waals surface area contributed by atoms with Crippen molar-refractivity contribution in [2.45, 2.75) is 6.54 Å². The molecule has 0 saturated carbocycles. The Hall–Kier alpha value is -1.94. The van der Waals surface area contributed by atoms with E-state index in [0.717, 1.165) is 4.88 Å². The van der Waals surface area contributed by atoms with E-state index in [9.17, 15) is 10.2 Å². The van der Waals surface area contributed by atoms with Crippen LogP contribution in [0.3, 0.4) is 0 Å². The first-order valence-electron chi connectivity index (χ1n) is 5.29. The van der Waals surface area contributed by atoms with Crippen molar-refractivity contribution in [3.8, 4) is 11.8 Å². The van der Waals surface area contributed by atoms with Gasteiger partial charge in [0.1, 0.15) is 0 Å². The van der Waals surface area contributed by atoms with E-state index in [0.29, 0.717) is 17.3 Å². The lowest BCUT2D eigenvalue weighted by molar-refractivity contribution is 0.382. The number of fused-ring (bicyclic) bond motifs is 1. The number of rotatable bonds is 2. The molecule has 0 saturated heterocycles. The lowest BCUT2D eigenvalue weighted by Gasteiger charge is -2.04. The maximum atomic E-state index is 10.1. The molecule has 4 heteroatoms. The summed E-state index contributed by atoms with van der Waals surface area (Å²) in [6, 6.07) is 11.2. The van der Waals surface area contributed by atoms with Crippen LogP contribution in [-0.4, -0.2) is 14.8 Å². The molecule has 0 fully saturated rings. The van der Waals surface area contributed by atoms with Crippen LogP contribution in [0.4, 0.5) is 0 Å². The van der Waals surface area contributed by atoms with Crippen LogP contribution in [0.15, 0.2) is 41.8 Å². The summed E-state index contributed by atoms with van der Waals surface area (Å²) in [5.74, 6) is 0.234. The van der Waals surface area contributed by atoms with Gasteiger partial charge in [-0.2, -0.15) is 0 Å². The highest BCUT2D eigenvalue weighted by atomic mass is 32.1. The summed E-state index contributed by atoms with van der Waals surface area (Å²) in [5, 5.41) is 23.5. The molecule has 2 N–H and O–H groups in total. The highest BCUT2D eigenvalue weighted by molar-refractivity contribution is 7.09. The lowest BCUT2D eigenvalue weighted by atomic mass is 10.2. The molecule has 17 heavy (non-hydrogen) atoms. The monoisotopic (exact) mass is 245 g/mol. The fourth-order valence-electron chi connectivity index (χ4n) is 1.97. The summed E-state index contributed by atoms with van der Waals surface area (Å²) in [6.07, 6.45) is 0. The number of benzene rings is 1. The Balaban J connectivity index is 2.16. The Morgan fingerprint density at radius 1 is 0.941 bits per heavy atom. The maximum Gasteiger partial charge on any atom is 0.202 e. The fraction of sp³-hybridized carbons (Fsp3) is 0.0769. The van der Waals surface area contributed by atoms with Crippen LogP contribution in [0, 0.1) is 0 Å². The SMILES string of the molecule is Oc1c2ccccc2c(O)n1Cc1cccs1. The number of aromatic hydroxyl groups is 2. The van der Waals surface area contributed by atoms with E-state index < -0.39 is 0 Å². The van der Waals surface area contributed by atoms with Crippen LogP contribution >= 0.6 is 11.3 Å². The topological polar surface area (TPSA) is 45.4 Å². The third-order valence-corrected chi connectivity index (χ3v) is 3.68. The van der Waals surface area contributed by atoms with E-state index in [1.807, 2.05) is 29.6 Å². The Bertz CT molecular complexity index is 616. The molecule has 0 spiro atoms. The van der Waals surface area contributed by atoms with E-state index in [1.165, 1.54) is 4.57 Å². The first-order chi connectivity index (χ1) is 8.27. The predicted octanol–water partition coefficient (Wildman–Crippen LogP) is 3.16. The van der Waals surface area contributed by atoms with Gasteiger partial charge >= 0.3 is 0 Å². The molecular weight excluding hydrogens is 234 g/mol. The first-order valence-corrected chi connectivity index (χ1v) is 6.17. The fourth-order valence-corrected chi connectivity index (χ4v) is 2.67. The predicted molar refractivity (Wildman–Crippen MR) is 68.7 cm³/mol. The van der Waals surface area contributed by atoms with Gasteiger partial charge in [-0.3, -0.25) is 4.57 Å². The van der Waals surface area contributed by atoms with Crippen LogP contribution in [0.5, 0.6) is 11.8 Å². The van der Waals surface area contributed by atoms with Crippen molar-refractivity contribution in [2.75, 3.05) is 0 Å². The Morgan fingerprint density at radius 2 is 1.59 bits per heavy atom. The van der Waals surface area contributed by atoms with Gasteiger partial charge in [0, 0.05) is 15.6 Å². The molecule has 0 aliphatic heterocycles. The van der Waals surface area contributed by atoms with Crippen molar-refractivity contribution in [2.24, 2.45) is 0 Å². The van der Waals surface area contributed by atoms with E-state index in [4.69, 9.17) is 0 Å². The molecule has 3 rings (SSSR count). The van der Waals surface area contributed by atoms with Gasteiger partial charge in [0.25, 0.3) is 0 Å². The second kappa shape index (κ2) is 3.82. The standard InChI is InChI=1S/C13H11NO2S/c15-12-10-5-1-2-6-11(10)13(16)14(12)8-9-4-3-7-17-9/h1-7,15-16H,8H2. The molecule has 3 aromatic rings. The maximum absolute atomic E-state index is 10.1. The number of aromatic nitrogens is 1. The molecular formula is C13H11NO2S. The van der Waals surface area contributed by atoms with Gasteiger partial charge < -0.3 is 10.2 Å². The Labute approximate surface area is 102 Å². The van der Waals surface area contributed by atoms with E-state index >= 15 is 0 Å². The Morgan fingerprint density at radius 3 is 2.12 bits per heavy atom. The summed E-state index contributed by atoms with van der Waals surface area (Å²) in [6.45, 7) is 0.490. The van der Waals surface area contributed by atoms with E-state index in [-0.39, 0.29) is 11.8 Å². The summed E-state index contributed by atoms with van der Waals surface area (Å²) in [4.78, 5) is 1.09. The average Bonchev–Trinajstić information content (AvgIpc) is 2.94. The van der Waals surface area contributed by atoms with E-state index in [1.54, 1.807) is 23.5 Å². The van der Waals surface area contributed by atoms with Crippen molar-refractivity contribution in [3.63, 3.8) is 0 Å². The van der Waals surface area contributed by atoms with Gasteiger partial charge in [-0.25, -0.2) is 0 Å². The molecule has 2 heterocycles. The number of hydrogen-bond acceptors (Lipinski definition) is 3. The third kappa shape index (κ3) is 1.57. The highest BCUT2D eigenvalue weighted by Gasteiger charge is 2.15. The summed E-state index contributed by atoms with van der Waals surface area (Å²) < 4.78 is 1.52. The normalized spacial score (nSPS) is 11.1. The summed E-state index contributed by atoms with van der Waals surface area (Å²) in [7, 11) is 0. The molecule has 0 radical (unpaired) electrons. The minimum Gasteiger partial charge on any atom is -0.494 e. The summed E-state index contributed by atoms with van der Waals surface area (Å²) >= 11 is 1.60. The lowest BCUT2D eigenvalue weighted by Crippen LogP contribution is -1.95. The largest absolute Gasteiger partial charge is 0.494 e. The van der Waals surface area contributed by atoms with Crippen molar-refractivity contribution >= 4 is 22.1 Å². The quantitative estimate of drug-likeness (QED) is 0.728. The molecule has 0 unspecified atom stereocenters. The minimum atomic E-state index is 0.117. The molecule has 0 aliphatic rings. The zero-order chi connectivity index (χ0) is 11.8. The smallest absolute Gasteiger partial charge is 0.202 e. The second-order valence-electron chi connectivity index (χ2n) is 3.86. The van der Waals surface area contributed by atoms with Gasteiger partial charge in [-0.1, -0.05) is 18.2 Å². The molecule has 3 nitrogen and oxygen atoms in total. The number of thiophene rings is 1. The van der Waals surface area contributed by atoms with Crippen LogP contribution in [0.2, 0.25) is 0 Å². The summed E-state index contributed by atoms with van der Waals surface area (Å²) in [5.41, 5.74) is 0. The highest BCUT2D eigenvalue weighted by Crippen LogP contribution is 2.36. The number of nitrogens with zero attached hydrogens (tertiary/aromatic N) is 1. The molecule has 0 aliphatic carbocycles. The van der Waals surface area contributed by atoms with Crippen molar-refractivity contribution in [3.05, 3.63) is 46.7 Å². The van der Waals surface area contributed by atoms with Gasteiger partial charge in [0.15, 0.2) is 0 Å². The van der Waals surface area contributed by atoms with Crippen molar-refractivity contribution in [1.29, 1.82) is 0 Å². The van der Waals surface area contributed by atoms with Crippen LogP contribution in [0.25, 0.3) is 10.8 Å². The third-order valence-electron chi connectivity index (χ3n) is 2.81. The van der Waals surface area contributed by atoms with Gasteiger partial charge in [-0.05, 0) is 23.6 Å². The average molecular weight is 245 g/mol. The van der Waals surface area contributed by atoms with Gasteiger partial charge in [0.2, 0.25) is 11.8 Å². The zero-order valence-corrected chi connectivity index (χ0v) is 9.81. The number of hydrogen-bond donors (Lipinski definition) is 2. The molecule has 1 aromatic carbocycles. The van der Waals surface area contributed by atoms with Crippen molar-refractivity contribution in [1.82, 2.24) is 4.57 Å². The molecule has 0 bridgehead atoms. The minimum absolute atomic E-state index is 0.117. The molecule has 2 aromatic heterocycles. The van der Waals surface area contributed by atoms with Gasteiger partial charge in [-0.15, -0.1) is 11.3 Å². The van der Waals surface area contributed by atoms with Crippen LogP contribution in [0.1, 0.15) is 4.88 Å². The zero-order valence-electron chi connectivity index (χ0n) is 9.00. The van der Waals surface area contributed by atoms with Crippen LogP contribution < -0.4 is 0 Å². The second-order valence-corrected chi connectivity index (χ2v) is 4.89. The molecule has 86 valence electrons. The molecule has 0 atom stereocenters. The van der Waals surface area contributed by atoms with Gasteiger partial charge in [0.05, 0.1) is 6.54 Å². The van der Waals surface area contributed by atoms with Crippen molar-refractivity contribution < 1.29 is 10.2 Å². The van der Waals surface area contributed by atoms with Crippen LogP contribution in [-0.2, 0) is 6.54 Å². The Kier molecular flexibility index (Phi) is 2.30. The van der Waals surface area contributed by atoms with E-state index in [2.05, 4.69) is 0 Å². The first kappa shape index (κ1) is 10.2.